The largest absolute Gasteiger partial charge is 0.335 e. The maximum absolute atomic E-state index is 12.6. The van der Waals surface area contributed by atoms with Gasteiger partial charge >= 0.3 is 0 Å². The predicted octanol–water partition coefficient (Wildman–Crippen LogP) is 2.19. The van der Waals surface area contributed by atoms with Gasteiger partial charge in [-0.3, -0.25) is 9.69 Å². The number of hydrogen-bond donors (Lipinski definition) is 0. The third kappa shape index (κ3) is 5.58. The average molecular weight is 439 g/mol. The summed E-state index contributed by atoms with van der Waals surface area (Å²) in [7, 11) is -0.516. The second-order valence-electron chi connectivity index (χ2n) is 7.58. The minimum atomic E-state index is -3.48. The quantitative estimate of drug-likeness (QED) is 0.646. The lowest BCUT2D eigenvalue weighted by Gasteiger charge is -2.37. The zero-order chi connectivity index (χ0) is 22.4. The number of amides is 1. The van der Waals surface area contributed by atoms with E-state index in [1.54, 1.807) is 23.1 Å². The SMILES string of the molecule is CN(C)S(=O)(=O)c1ccc(/C=C/C(=O)N2CCN(Cc3ccccc3)C(C#N)C2)cc1. The smallest absolute Gasteiger partial charge is 0.246 e. The van der Waals surface area contributed by atoms with Gasteiger partial charge in [-0.05, 0) is 29.3 Å². The zero-order valence-electron chi connectivity index (χ0n) is 17.7. The van der Waals surface area contributed by atoms with Gasteiger partial charge in [-0.25, -0.2) is 12.7 Å². The Labute approximate surface area is 183 Å². The lowest BCUT2D eigenvalue weighted by atomic mass is 10.1. The Morgan fingerprint density at radius 1 is 1.13 bits per heavy atom. The molecule has 1 atom stereocenters. The van der Waals surface area contributed by atoms with E-state index < -0.39 is 10.0 Å². The Morgan fingerprint density at radius 3 is 2.42 bits per heavy atom. The highest BCUT2D eigenvalue weighted by Gasteiger charge is 2.28. The molecule has 7 nitrogen and oxygen atoms in total. The lowest BCUT2D eigenvalue weighted by Crippen LogP contribution is -2.53. The number of nitrogens with zero attached hydrogens (tertiary/aromatic N) is 4. The molecule has 1 fully saturated rings. The monoisotopic (exact) mass is 438 g/mol. The molecule has 1 unspecified atom stereocenters. The van der Waals surface area contributed by atoms with Gasteiger partial charge in [0.2, 0.25) is 15.9 Å². The van der Waals surface area contributed by atoms with Crippen molar-refractivity contribution in [3.8, 4) is 6.07 Å². The van der Waals surface area contributed by atoms with Gasteiger partial charge in [-0.1, -0.05) is 42.5 Å². The Hall–Kier alpha value is -2.99. The number of carbonyl (C=O) groups excluding carboxylic acids is 1. The molecule has 1 amide bonds. The highest BCUT2D eigenvalue weighted by atomic mass is 32.2. The number of hydrogen-bond acceptors (Lipinski definition) is 5. The van der Waals surface area contributed by atoms with Gasteiger partial charge in [0.05, 0.1) is 11.0 Å². The Kier molecular flexibility index (Phi) is 7.23. The maximum Gasteiger partial charge on any atom is 0.246 e. The summed E-state index contributed by atoms with van der Waals surface area (Å²) in [5.41, 5.74) is 1.87. The summed E-state index contributed by atoms with van der Waals surface area (Å²) < 4.78 is 25.4. The van der Waals surface area contributed by atoms with Crippen molar-refractivity contribution >= 4 is 22.0 Å². The van der Waals surface area contributed by atoms with Crippen molar-refractivity contribution in [1.82, 2.24) is 14.1 Å². The van der Waals surface area contributed by atoms with E-state index in [0.29, 0.717) is 26.2 Å². The van der Waals surface area contributed by atoms with Gasteiger partial charge in [0, 0.05) is 46.4 Å². The number of piperazine rings is 1. The van der Waals surface area contributed by atoms with Gasteiger partial charge in [-0.2, -0.15) is 5.26 Å². The second kappa shape index (κ2) is 9.88. The van der Waals surface area contributed by atoms with Gasteiger partial charge in [-0.15, -0.1) is 0 Å². The van der Waals surface area contributed by atoms with Crippen molar-refractivity contribution in [3.05, 3.63) is 71.8 Å². The molecule has 0 aliphatic carbocycles. The van der Waals surface area contributed by atoms with E-state index in [-0.39, 0.29) is 16.8 Å². The van der Waals surface area contributed by atoms with E-state index in [1.807, 2.05) is 30.3 Å². The molecule has 1 aliphatic heterocycles. The van der Waals surface area contributed by atoms with Gasteiger partial charge in [0.1, 0.15) is 6.04 Å². The summed E-state index contributed by atoms with van der Waals surface area (Å²) in [4.78, 5) is 16.6. The first-order valence-corrected chi connectivity index (χ1v) is 11.4. The van der Waals surface area contributed by atoms with Crippen LogP contribution < -0.4 is 0 Å². The molecule has 0 N–H and O–H groups in total. The van der Waals surface area contributed by atoms with E-state index in [2.05, 4.69) is 11.0 Å². The summed E-state index contributed by atoms with van der Waals surface area (Å²) in [6, 6.07) is 18.3. The molecule has 162 valence electrons. The number of benzene rings is 2. The Bertz CT molecular complexity index is 1070. The van der Waals surface area contributed by atoms with Crippen molar-refractivity contribution in [1.29, 1.82) is 5.26 Å². The summed E-state index contributed by atoms with van der Waals surface area (Å²) >= 11 is 0. The first-order valence-electron chi connectivity index (χ1n) is 9.98. The van der Waals surface area contributed by atoms with Crippen molar-refractivity contribution < 1.29 is 13.2 Å². The number of sulfonamides is 1. The average Bonchev–Trinajstić information content (AvgIpc) is 2.78. The molecule has 3 rings (SSSR count). The molecule has 0 aromatic heterocycles. The Balaban J connectivity index is 1.61. The molecule has 8 heteroatoms. The van der Waals surface area contributed by atoms with E-state index in [9.17, 15) is 18.5 Å². The van der Waals surface area contributed by atoms with Crippen LogP contribution in [0.4, 0.5) is 0 Å². The highest BCUT2D eigenvalue weighted by molar-refractivity contribution is 7.89. The highest BCUT2D eigenvalue weighted by Crippen LogP contribution is 2.16. The van der Waals surface area contributed by atoms with E-state index >= 15 is 0 Å². The lowest BCUT2D eigenvalue weighted by molar-refractivity contribution is -0.128. The van der Waals surface area contributed by atoms with Crippen LogP contribution in [0.3, 0.4) is 0 Å². The molecule has 0 radical (unpaired) electrons. The van der Waals surface area contributed by atoms with E-state index in [1.165, 1.54) is 32.3 Å². The first kappa shape index (κ1) is 22.7. The van der Waals surface area contributed by atoms with Crippen LogP contribution in [0.25, 0.3) is 6.08 Å². The molecule has 1 heterocycles. The molecule has 2 aromatic rings. The summed E-state index contributed by atoms with van der Waals surface area (Å²) in [6.45, 7) is 2.21. The normalized spacial score (nSPS) is 17.7. The molecular formula is C23H26N4O3S. The van der Waals surface area contributed by atoms with Crippen LogP contribution in [0.5, 0.6) is 0 Å². The first-order chi connectivity index (χ1) is 14.8. The maximum atomic E-state index is 12.6. The van der Waals surface area contributed by atoms with Crippen molar-refractivity contribution in [3.63, 3.8) is 0 Å². The minimum Gasteiger partial charge on any atom is -0.335 e. The molecule has 31 heavy (non-hydrogen) atoms. The molecule has 0 bridgehead atoms. The standard InChI is InChI=1S/C23H26N4O3S/c1-25(2)31(29,30)22-11-8-19(9-12-22)10-13-23(28)27-15-14-26(21(16-24)18-27)17-20-6-4-3-5-7-20/h3-13,21H,14-15,17-18H2,1-2H3/b13-10+. The van der Waals surface area contributed by atoms with Gasteiger partial charge in [0.15, 0.2) is 0 Å². The van der Waals surface area contributed by atoms with E-state index in [0.717, 1.165) is 15.4 Å². The topological polar surface area (TPSA) is 84.7 Å². The number of rotatable bonds is 6. The molecular weight excluding hydrogens is 412 g/mol. The van der Waals surface area contributed by atoms with Crippen LogP contribution in [0.15, 0.2) is 65.6 Å². The van der Waals surface area contributed by atoms with Crippen LogP contribution in [0.2, 0.25) is 0 Å². The predicted molar refractivity (Wildman–Crippen MR) is 119 cm³/mol. The molecule has 2 aromatic carbocycles. The van der Waals surface area contributed by atoms with Crippen LogP contribution >= 0.6 is 0 Å². The van der Waals surface area contributed by atoms with Crippen LogP contribution in [0.1, 0.15) is 11.1 Å². The van der Waals surface area contributed by atoms with Gasteiger partial charge < -0.3 is 4.90 Å². The molecule has 1 saturated heterocycles. The molecule has 1 aliphatic rings. The van der Waals surface area contributed by atoms with Crippen molar-refractivity contribution in [2.45, 2.75) is 17.5 Å². The van der Waals surface area contributed by atoms with Crippen LogP contribution in [-0.2, 0) is 21.4 Å². The zero-order valence-corrected chi connectivity index (χ0v) is 18.5. The van der Waals surface area contributed by atoms with Crippen LogP contribution in [-0.4, -0.2) is 68.2 Å². The van der Waals surface area contributed by atoms with Crippen molar-refractivity contribution in [2.75, 3.05) is 33.7 Å². The summed E-state index contributed by atoms with van der Waals surface area (Å²) in [5.74, 6) is -0.162. The summed E-state index contributed by atoms with van der Waals surface area (Å²) in [5, 5.41) is 9.58. The second-order valence-corrected chi connectivity index (χ2v) is 9.73. The van der Waals surface area contributed by atoms with Crippen LogP contribution in [0, 0.1) is 11.3 Å². The molecule has 0 spiro atoms. The summed E-state index contributed by atoms with van der Waals surface area (Å²) in [6.07, 6.45) is 3.13. The Morgan fingerprint density at radius 2 is 1.81 bits per heavy atom. The fourth-order valence-corrected chi connectivity index (χ4v) is 4.29. The fraction of sp³-hybridized carbons (Fsp3) is 0.304. The van der Waals surface area contributed by atoms with E-state index in [4.69, 9.17) is 0 Å². The minimum absolute atomic E-state index is 0.162. The number of nitriles is 1. The fourth-order valence-electron chi connectivity index (χ4n) is 3.38. The van der Waals surface area contributed by atoms with Crippen molar-refractivity contribution in [2.24, 2.45) is 0 Å². The van der Waals surface area contributed by atoms with Gasteiger partial charge in [0.25, 0.3) is 0 Å². The number of carbonyl (C=O) groups is 1. The molecule has 0 saturated carbocycles. The third-order valence-corrected chi connectivity index (χ3v) is 7.09. The third-order valence-electron chi connectivity index (χ3n) is 5.26.